The van der Waals surface area contributed by atoms with E-state index in [1.54, 1.807) is 11.3 Å². The second-order valence-electron chi connectivity index (χ2n) is 7.37. The van der Waals surface area contributed by atoms with Crippen molar-refractivity contribution in [1.29, 1.82) is 0 Å². The maximum atomic E-state index is 10.8. The summed E-state index contributed by atoms with van der Waals surface area (Å²) in [6.45, 7) is 0. The summed E-state index contributed by atoms with van der Waals surface area (Å²) in [7, 11) is 0. The molecule has 1 aromatic carbocycles. The molecular weight excluding hydrogens is 444 g/mol. The monoisotopic (exact) mass is 466 g/mol. The molecule has 2 aliphatic rings. The first kappa shape index (κ1) is 19.3. The number of carbonyl (C=O) groups is 1. The number of hydrogen-bond donors (Lipinski definition) is 2. The Morgan fingerprint density at radius 2 is 2.00 bits per heavy atom. The molecule has 4 nitrogen and oxygen atoms in total. The van der Waals surface area contributed by atoms with Crippen molar-refractivity contribution in [2.45, 2.75) is 67.1 Å². The number of hydrogen-bond acceptors (Lipinski definition) is 4. The molecule has 7 heteroatoms. The quantitative estimate of drug-likeness (QED) is 0.526. The fourth-order valence-electron chi connectivity index (χ4n) is 3.73. The van der Waals surface area contributed by atoms with Gasteiger partial charge in [0.1, 0.15) is 0 Å². The van der Waals surface area contributed by atoms with Gasteiger partial charge in [-0.25, -0.2) is 9.78 Å². The number of carboxylic acid groups (broad SMARTS) is 1. The van der Waals surface area contributed by atoms with Crippen LogP contribution in [0.25, 0.3) is 10.4 Å². The van der Waals surface area contributed by atoms with E-state index in [1.807, 2.05) is 18.0 Å². The average Bonchev–Trinajstić information content (AvgIpc) is 3.08. The molecule has 1 aromatic heterocycles. The van der Waals surface area contributed by atoms with Gasteiger partial charge < -0.3 is 10.4 Å². The molecule has 2 aliphatic carbocycles. The van der Waals surface area contributed by atoms with E-state index in [4.69, 9.17) is 10.1 Å². The number of aromatic nitrogens is 1. The number of nitrogens with zero attached hydrogens (tertiary/aromatic N) is 1. The number of benzene rings is 1. The summed E-state index contributed by atoms with van der Waals surface area (Å²) >= 11 is 7.42. The van der Waals surface area contributed by atoms with Crippen molar-refractivity contribution in [2.24, 2.45) is 0 Å². The van der Waals surface area contributed by atoms with Crippen molar-refractivity contribution < 1.29 is 9.90 Å². The van der Waals surface area contributed by atoms with Gasteiger partial charge in [-0.1, -0.05) is 28.4 Å². The zero-order chi connectivity index (χ0) is 18.8. The highest BCUT2D eigenvalue weighted by molar-refractivity contribution is 9.10. The summed E-state index contributed by atoms with van der Waals surface area (Å²) in [6.07, 6.45) is 8.89. The topological polar surface area (TPSA) is 62.2 Å². The highest BCUT2D eigenvalue weighted by Crippen LogP contribution is 2.44. The zero-order valence-electron chi connectivity index (χ0n) is 15.0. The molecule has 0 aliphatic heterocycles. The Morgan fingerprint density at radius 3 is 2.67 bits per heavy atom. The third-order valence-corrected chi connectivity index (χ3v) is 8.57. The zero-order valence-corrected chi connectivity index (χ0v) is 18.2. The first-order valence-electron chi connectivity index (χ1n) is 9.50. The number of thiazole rings is 1. The second kappa shape index (κ2) is 8.53. The van der Waals surface area contributed by atoms with E-state index in [-0.39, 0.29) is 6.04 Å². The maximum Gasteiger partial charge on any atom is 0.404 e. The van der Waals surface area contributed by atoms with Gasteiger partial charge in [-0.05, 0) is 50.7 Å². The van der Waals surface area contributed by atoms with Crippen molar-refractivity contribution in [3.05, 3.63) is 33.9 Å². The van der Waals surface area contributed by atoms with E-state index in [2.05, 4.69) is 39.4 Å². The standard InChI is InChI=1S/C20H23BrN2O2S2/c21-13-6-9-16(17(10-13)26-15-2-1-3-15)18-11-22-19(27-18)12-4-7-14(8-5-12)23-20(24)25/h6,9-12,14-15,23H,1-5,7-8H2,(H,24,25). The summed E-state index contributed by atoms with van der Waals surface area (Å²) < 4.78 is 1.13. The molecule has 0 saturated heterocycles. The van der Waals surface area contributed by atoms with Crippen LogP contribution in [0.3, 0.4) is 0 Å². The lowest BCUT2D eigenvalue weighted by molar-refractivity contribution is 0.185. The fraction of sp³-hybridized carbons (Fsp3) is 0.500. The Balaban J connectivity index is 1.47. The van der Waals surface area contributed by atoms with Gasteiger partial charge >= 0.3 is 6.09 Å². The van der Waals surface area contributed by atoms with Gasteiger partial charge in [0, 0.05) is 38.3 Å². The molecule has 0 atom stereocenters. The molecule has 27 heavy (non-hydrogen) atoms. The van der Waals surface area contributed by atoms with Crippen molar-refractivity contribution in [2.75, 3.05) is 0 Å². The van der Waals surface area contributed by atoms with Gasteiger partial charge in [0.15, 0.2) is 0 Å². The van der Waals surface area contributed by atoms with Gasteiger partial charge in [-0.2, -0.15) is 0 Å². The lowest BCUT2D eigenvalue weighted by Crippen LogP contribution is -2.36. The Kier molecular flexibility index (Phi) is 6.09. The summed E-state index contributed by atoms with van der Waals surface area (Å²) in [5.41, 5.74) is 1.29. The van der Waals surface area contributed by atoms with E-state index in [0.717, 1.165) is 35.4 Å². The van der Waals surface area contributed by atoms with E-state index in [1.165, 1.54) is 39.6 Å². The molecule has 0 radical (unpaired) electrons. The molecule has 4 rings (SSSR count). The average molecular weight is 467 g/mol. The summed E-state index contributed by atoms with van der Waals surface area (Å²) in [5, 5.41) is 13.4. The molecular formula is C20H23BrN2O2S2. The lowest BCUT2D eigenvalue weighted by atomic mass is 9.86. The third-order valence-electron chi connectivity index (χ3n) is 5.48. The normalized spacial score (nSPS) is 23.0. The fourth-order valence-corrected chi connectivity index (χ4v) is 6.86. The van der Waals surface area contributed by atoms with Gasteiger partial charge in [-0.15, -0.1) is 23.1 Å². The summed E-state index contributed by atoms with van der Waals surface area (Å²) in [5.74, 6) is 0.453. The Labute approximate surface area is 176 Å². The molecule has 2 N–H and O–H groups in total. The molecule has 1 amide bonds. The van der Waals surface area contributed by atoms with Crippen LogP contribution in [0.15, 0.2) is 33.8 Å². The van der Waals surface area contributed by atoms with Crippen LogP contribution in [0.5, 0.6) is 0 Å². The van der Waals surface area contributed by atoms with Crippen LogP contribution in [0, 0.1) is 0 Å². The van der Waals surface area contributed by atoms with Crippen LogP contribution in [0.2, 0.25) is 0 Å². The SMILES string of the molecule is O=C(O)NC1CCC(c2ncc(-c3ccc(Br)cc3SC3CCC3)s2)CC1. The van der Waals surface area contributed by atoms with E-state index in [0.29, 0.717) is 5.92 Å². The van der Waals surface area contributed by atoms with Crippen molar-refractivity contribution in [3.8, 4) is 10.4 Å². The van der Waals surface area contributed by atoms with E-state index >= 15 is 0 Å². The molecule has 1 heterocycles. The van der Waals surface area contributed by atoms with Crippen molar-refractivity contribution in [3.63, 3.8) is 0 Å². The predicted molar refractivity (Wildman–Crippen MR) is 115 cm³/mol. The second-order valence-corrected chi connectivity index (χ2v) is 10.7. The molecule has 2 saturated carbocycles. The van der Waals surface area contributed by atoms with Crippen LogP contribution < -0.4 is 5.32 Å². The highest BCUT2D eigenvalue weighted by atomic mass is 79.9. The Hall–Kier alpha value is -1.05. The highest BCUT2D eigenvalue weighted by Gasteiger charge is 2.26. The number of thioether (sulfide) groups is 1. The van der Waals surface area contributed by atoms with Crippen LogP contribution >= 0.6 is 39.0 Å². The first-order valence-corrected chi connectivity index (χ1v) is 12.0. The minimum atomic E-state index is -0.915. The van der Waals surface area contributed by atoms with Gasteiger partial charge in [0.2, 0.25) is 0 Å². The molecule has 0 spiro atoms. The number of halogens is 1. The smallest absolute Gasteiger partial charge is 0.404 e. The molecule has 0 bridgehead atoms. The number of nitrogens with one attached hydrogen (secondary N) is 1. The predicted octanol–water partition coefficient (Wildman–Crippen LogP) is 6.51. The van der Waals surface area contributed by atoms with Crippen LogP contribution in [0.1, 0.15) is 55.9 Å². The minimum Gasteiger partial charge on any atom is -0.465 e. The van der Waals surface area contributed by atoms with E-state index < -0.39 is 6.09 Å². The minimum absolute atomic E-state index is 0.0927. The summed E-state index contributed by atoms with van der Waals surface area (Å²) in [4.78, 5) is 18.1. The molecule has 0 unspecified atom stereocenters. The van der Waals surface area contributed by atoms with Crippen LogP contribution in [-0.4, -0.2) is 27.5 Å². The molecule has 2 fully saturated rings. The van der Waals surface area contributed by atoms with Gasteiger partial charge in [0.25, 0.3) is 0 Å². The lowest BCUT2D eigenvalue weighted by Gasteiger charge is -2.27. The van der Waals surface area contributed by atoms with Crippen LogP contribution in [-0.2, 0) is 0 Å². The van der Waals surface area contributed by atoms with E-state index in [9.17, 15) is 4.79 Å². The third kappa shape index (κ3) is 4.69. The molecule has 144 valence electrons. The Bertz CT molecular complexity index is 814. The Morgan fingerprint density at radius 1 is 1.22 bits per heavy atom. The summed E-state index contributed by atoms with van der Waals surface area (Å²) in [6, 6.07) is 6.65. The number of rotatable bonds is 5. The van der Waals surface area contributed by atoms with Gasteiger partial charge in [0.05, 0.1) is 9.88 Å². The van der Waals surface area contributed by atoms with Crippen molar-refractivity contribution >= 4 is 45.1 Å². The molecule has 2 aromatic rings. The first-order chi connectivity index (χ1) is 13.1. The largest absolute Gasteiger partial charge is 0.465 e. The maximum absolute atomic E-state index is 10.8. The van der Waals surface area contributed by atoms with Gasteiger partial charge in [-0.3, -0.25) is 0 Å². The van der Waals surface area contributed by atoms with Crippen molar-refractivity contribution in [1.82, 2.24) is 10.3 Å². The van der Waals surface area contributed by atoms with Crippen LogP contribution in [0.4, 0.5) is 4.79 Å². The number of amides is 1.